The lowest BCUT2D eigenvalue weighted by atomic mass is 9.77. The van der Waals surface area contributed by atoms with E-state index in [9.17, 15) is 9.59 Å². The molecule has 1 aromatic rings. The number of rotatable bonds is 5. The molecule has 3 aliphatic rings. The van der Waals surface area contributed by atoms with Crippen LogP contribution in [-0.2, 0) is 14.3 Å². The average molecular weight is 363 g/mol. The highest BCUT2D eigenvalue weighted by molar-refractivity contribution is 6.30. The lowest BCUT2D eigenvalue weighted by Gasteiger charge is -2.23. The second-order valence-electron chi connectivity index (χ2n) is 6.67. The zero-order chi connectivity index (χ0) is 17.6. The van der Waals surface area contributed by atoms with Crippen molar-refractivity contribution in [2.45, 2.75) is 18.1 Å². The first kappa shape index (κ1) is 16.6. The standard InChI is InChI=1S/C18H19ClN2O4/c19-11-2-4-12(5-3-11)21-10-18-7-6-13(25-18)14(15(18)17(21)24)16(23)20-8-1-9-22/h2-7,13-15,22H,1,8-10H2,(H,20,23)/t13-,14+,15-,18+/m1/s1. The van der Waals surface area contributed by atoms with Gasteiger partial charge in [0, 0.05) is 23.9 Å². The molecule has 25 heavy (non-hydrogen) atoms. The van der Waals surface area contributed by atoms with Crippen LogP contribution in [0.15, 0.2) is 36.4 Å². The third-order valence-electron chi connectivity index (χ3n) is 5.18. The van der Waals surface area contributed by atoms with E-state index in [-0.39, 0.29) is 24.5 Å². The Bertz CT molecular complexity index is 735. The van der Waals surface area contributed by atoms with Crippen molar-refractivity contribution in [1.29, 1.82) is 0 Å². The molecule has 4 atom stereocenters. The molecule has 0 radical (unpaired) electrons. The Morgan fingerprint density at radius 3 is 2.88 bits per heavy atom. The number of hydrogen-bond donors (Lipinski definition) is 2. The molecule has 4 rings (SSSR count). The number of amides is 2. The van der Waals surface area contributed by atoms with Gasteiger partial charge in [0.25, 0.3) is 0 Å². The first-order valence-corrected chi connectivity index (χ1v) is 8.76. The minimum atomic E-state index is -0.736. The van der Waals surface area contributed by atoms with Crippen molar-refractivity contribution in [3.63, 3.8) is 0 Å². The van der Waals surface area contributed by atoms with Gasteiger partial charge in [-0.2, -0.15) is 0 Å². The van der Waals surface area contributed by atoms with Gasteiger partial charge < -0.3 is 20.1 Å². The highest BCUT2D eigenvalue weighted by atomic mass is 35.5. The third-order valence-corrected chi connectivity index (χ3v) is 5.43. The first-order chi connectivity index (χ1) is 12.1. The van der Waals surface area contributed by atoms with E-state index < -0.39 is 17.4 Å². The molecule has 2 saturated heterocycles. The smallest absolute Gasteiger partial charge is 0.234 e. The topological polar surface area (TPSA) is 78.9 Å². The molecule has 2 amide bonds. The van der Waals surface area contributed by atoms with Gasteiger partial charge in [0.2, 0.25) is 11.8 Å². The summed E-state index contributed by atoms with van der Waals surface area (Å²) in [6.07, 6.45) is 3.93. The van der Waals surface area contributed by atoms with Gasteiger partial charge >= 0.3 is 0 Å². The molecular weight excluding hydrogens is 344 g/mol. The highest BCUT2D eigenvalue weighted by Crippen LogP contribution is 2.52. The Morgan fingerprint density at radius 1 is 1.40 bits per heavy atom. The number of halogens is 1. The van der Waals surface area contributed by atoms with Gasteiger partial charge in [0.05, 0.1) is 24.5 Å². The van der Waals surface area contributed by atoms with E-state index in [1.165, 1.54) is 0 Å². The van der Waals surface area contributed by atoms with Crippen LogP contribution in [0.25, 0.3) is 0 Å². The van der Waals surface area contributed by atoms with E-state index in [0.717, 1.165) is 5.69 Å². The van der Waals surface area contributed by atoms with Crippen molar-refractivity contribution in [3.05, 3.63) is 41.4 Å². The number of fused-ring (bicyclic) bond motifs is 1. The molecule has 0 aromatic heterocycles. The Labute approximate surface area is 150 Å². The van der Waals surface area contributed by atoms with Gasteiger partial charge in [0.1, 0.15) is 5.60 Å². The van der Waals surface area contributed by atoms with E-state index in [1.807, 2.05) is 12.2 Å². The summed E-state index contributed by atoms with van der Waals surface area (Å²) < 4.78 is 6.06. The monoisotopic (exact) mass is 362 g/mol. The van der Waals surface area contributed by atoms with E-state index >= 15 is 0 Å². The minimum Gasteiger partial charge on any atom is -0.396 e. The quantitative estimate of drug-likeness (QED) is 0.608. The van der Waals surface area contributed by atoms with Gasteiger partial charge in [-0.15, -0.1) is 0 Å². The summed E-state index contributed by atoms with van der Waals surface area (Å²) in [7, 11) is 0. The summed E-state index contributed by atoms with van der Waals surface area (Å²) in [5, 5.41) is 12.3. The van der Waals surface area contributed by atoms with Gasteiger partial charge in [-0.05, 0) is 30.7 Å². The van der Waals surface area contributed by atoms with Crippen molar-refractivity contribution < 1.29 is 19.4 Å². The van der Waals surface area contributed by atoms with Crippen molar-refractivity contribution in [2.24, 2.45) is 11.8 Å². The summed E-state index contributed by atoms with van der Waals surface area (Å²) in [6, 6.07) is 7.07. The number of anilines is 1. The lowest BCUT2D eigenvalue weighted by molar-refractivity contribution is -0.131. The predicted molar refractivity (Wildman–Crippen MR) is 92.2 cm³/mol. The van der Waals surface area contributed by atoms with Crippen LogP contribution in [0.1, 0.15) is 6.42 Å². The first-order valence-electron chi connectivity index (χ1n) is 8.38. The minimum absolute atomic E-state index is 0.0153. The summed E-state index contributed by atoms with van der Waals surface area (Å²) in [4.78, 5) is 27.3. The van der Waals surface area contributed by atoms with Gasteiger partial charge in [-0.3, -0.25) is 9.59 Å². The van der Waals surface area contributed by atoms with E-state index in [1.54, 1.807) is 29.2 Å². The maximum atomic E-state index is 13.1. The number of aliphatic hydroxyl groups is 1. The molecule has 0 unspecified atom stereocenters. The zero-order valence-corrected chi connectivity index (χ0v) is 14.3. The fraction of sp³-hybridized carbons (Fsp3) is 0.444. The maximum Gasteiger partial charge on any atom is 0.234 e. The van der Waals surface area contributed by atoms with Crippen LogP contribution in [0.2, 0.25) is 5.02 Å². The van der Waals surface area contributed by atoms with E-state index in [4.69, 9.17) is 21.4 Å². The molecule has 2 fully saturated rings. The second kappa shape index (κ2) is 6.12. The number of nitrogens with one attached hydrogen (secondary N) is 1. The normalized spacial score (nSPS) is 32.3. The van der Waals surface area contributed by atoms with Crippen LogP contribution in [-0.4, -0.2) is 48.3 Å². The fourth-order valence-electron chi connectivity index (χ4n) is 4.05. The van der Waals surface area contributed by atoms with Crippen LogP contribution in [0.4, 0.5) is 5.69 Å². The average Bonchev–Trinajstić information content (AvgIpc) is 3.24. The molecule has 7 heteroatoms. The van der Waals surface area contributed by atoms with Crippen LogP contribution in [0.3, 0.4) is 0 Å². The molecule has 1 spiro atoms. The number of carbonyl (C=O) groups excluding carboxylic acids is 2. The maximum absolute atomic E-state index is 13.1. The Morgan fingerprint density at radius 2 is 2.16 bits per heavy atom. The van der Waals surface area contributed by atoms with Crippen LogP contribution in [0.5, 0.6) is 0 Å². The summed E-state index contributed by atoms with van der Waals surface area (Å²) >= 11 is 5.93. The fourth-order valence-corrected chi connectivity index (χ4v) is 4.17. The molecule has 1 aromatic carbocycles. The van der Waals surface area contributed by atoms with Gasteiger partial charge in [-0.25, -0.2) is 0 Å². The molecule has 132 valence electrons. The molecule has 2 N–H and O–H groups in total. The van der Waals surface area contributed by atoms with Crippen LogP contribution >= 0.6 is 11.6 Å². The lowest BCUT2D eigenvalue weighted by Crippen LogP contribution is -2.44. The van der Waals surface area contributed by atoms with Crippen LogP contribution < -0.4 is 10.2 Å². The summed E-state index contributed by atoms with van der Waals surface area (Å²) in [5.41, 5.74) is 0.0125. The predicted octanol–water partition coefficient (Wildman–Crippen LogP) is 1.12. The van der Waals surface area contributed by atoms with Gasteiger partial charge in [0.15, 0.2) is 0 Å². The number of ether oxygens (including phenoxy) is 1. The highest BCUT2D eigenvalue weighted by Gasteiger charge is 2.66. The van der Waals surface area contributed by atoms with E-state index in [0.29, 0.717) is 24.5 Å². The SMILES string of the molecule is O=C(NCCCO)[C@H]1[C@H]2C=C[C@@]3(CN(c4ccc(Cl)cc4)C(=O)[C@@H]13)O2. The van der Waals surface area contributed by atoms with Crippen molar-refractivity contribution in [3.8, 4) is 0 Å². The number of carbonyl (C=O) groups is 2. The third kappa shape index (κ3) is 2.56. The van der Waals surface area contributed by atoms with Crippen molar-refractivity contribution >= 4 is 29.1 Å². The summed E-state index contributed by atoms with van der Waals surface area (Å²) in [5.74, 6) is -1.35. The number of nitrogens with zero attached hydrogens (tertiary/aromatic N) is 1. The molecule has 0 aliphatic carbocycles. The molecule has 3 aliphatic heterocycles. The number of benzene rings is 1. The summed E-state index contributed by atoms with van der Waals surface area (Å²) in [6.45, 7) is 0.796. The van der Waals surface area contributed by atoms with Gasteiger partial charge in [-0.1, -0.05) is 23.8 Å². The molecule has 2 bridgehead atoms. The van der Waals surface area contributed by atoms with E-state index in [2.05, 4.69) is 5.32 Å². The number of hydrogen-bond acceptors (Lipinski definition) is 4. The Hall–Kier alpha value is -1.89. The molecule has 3 heterocycles. The van der Waals surface area contributed by atoms with Crippen molar-refractivity contribution in [2.75, 3.05) is 24.6 Å². The second-order valence-corrected chi connectivity index (χ2v) is 7.11. The largest absolute Gasteiger partial charge is 0.396 e. The Balaban J connectivity index is 1.59. The van der Waals surface area contributed by atoms with Crippen molar-refractivity contribution in [1.82, 2.24) is 5.32 Å². The van der Waals surface area contributed by atoms with Crippen LogP contribution in [0, 0.1) is 11.8 Å². The zero-order valence-electron chi connectivity index (χ0n) is 13.5. The Kier molecular flexibility index (Phi) is 4.06. The molecule has 0 saturated carbocycles. The molecule has 6 nitrogen and oxygen atoms in total. The number of aliphatic hydroxyl groups excluding tert-OH is 1. The molecular formula is C18H19ClN2O4.